The molecule has 1 heterocycles. The monoisotopic (exact) mass is 269 g/mol. The predicted molar refractivity (Wildman–Crippen MR) is 76.0 cm³/mol. The Labute approximate surface area is 116 Å². The summed E-state index contributed by atoms with van der Waals surface area (Å²) in [6.07, 6.45) is 1.79. The molecule has 0 fully saturated rings. The van der Waals surface area contributed by atoms with Gasteiger partial charge >= 0.3 is 0 Å². The molecule has 4 heteroatoms. The number of nitrogens with one attached hydrogen (secondary N) is 1. The molecule has 0 aromatic carbocycles. The van der Waals surface area contributed by atoms with Crippen LogP contribution in [-0.2, 0) is 22.6 Å². The fourth-order valence-electron chi connectivity index (χ4n) is 1.56. The van der Waals surface area contributed by atoms with Gasteiger partial charge in [-0.1, -0.05) is 0 Å². The van der Waals surface area contributed by atoms with Crippen LogP contribution in [0.2, 0.25) is 0 Å². The molecule has 19 heavy (non-hydrogen) atoms. The third kappa shape index (κ3) is 6.76. The summed E-state index contributed by atoms with van der Waals surface area (Å²) in [5.41, 5.74) is 1.25. The third-order valence-corrected chi connectivity index (χ3v) is 2.70. The van der Waals surface area contributed by atoms with Crippen LogP contribution in [0.4, 0.5) is 0 Å². The largest absolute Gasteiger partial charge is 0.467 e. The Bertz CT molecular complexity index is 355. The van der Waals surface area contributed by atoms with E-state index in [1.165, 1.54) is 0 Å². The summed E-state index contributed by atoms with van der Waals surface area (Å²) in [6, 6.07) is 1.99. The van der Waals surface area contributed by atoms with E-state index in [4.69, 9.17) is 13.9 Å². The minimum Gasteiger partial charge on any atom is -0.467 e. The summed E-state index contributed by atoms with van der Waals surface area (Å²) >= 11 is 0. The maximum Gasteiger partial charge on any atom is 0.133 e. The second-order valence-corrected chi connectivity index (χ2v) is 5.75. The molecule has 0 spiro atoms. The third-order valence-electron chi connectivity index (χ3n) is 2.70. The molecule has 1 N–H and O–H groups in total. The van der Waals surface area contributed by atoms with Gasteiger partial charge in [-0.2, -0.15) is 0 Å². The van der Waals surface area contributed by atoms with Crippen LogP contribution in [0.5, 0.6) is 0 Å². The molecule has 0 saturated carbocycles. The van der Waals surface area contributed by atoms with E-state index in [2.05, 4.69) is 26.1 Å². The Morgan fingerprint density at radius 1 is 1.37 bits per heavy atom. The Hall–Kier alpha value is -0.840. The lowest BCUT2D eigenvalue weighted by atomic mass is 10.1. The molecule has 110 valence electrons. The van der Waals surface area contributed by atoms with E-state index in [-0.39, 0.29) is 11.6 Å². The first-order chi connectivity index (χ1) is 8.92. The molecular weight excluding hydrogens is 242 g/mol. The highest BCUT2D eigenvalue weighted by molar-refractivity contribution is 5.16. The Morgan fingerprint density at radius 3 is 2.74 bits per heavy atom. The lowest BCUT2D eigenvalue weighted by Gasteiger charge is -2.20. The Balaban J connectivity index is 2.40. The fraction of sp³-hybridized carbons (Fsp3) is 0.733. The molecular formula is C15H27NO3. The van der Waals surface area contributed by atoms with Crippen LogP contribution in [0.3, 0.4) is 0 Å². The maximum atomic E-state index is 5.71. The molecule has 0 radical (unpaired) electrons. The molecule has 0 aliphatic carbocycles. The molecule has 1 atom stereocenters. The lowest BCUT2D eigenvalue weighted by molar-refractivity contribution is -0.0173. The summed E-state index contributed by atoms with van der Waals surface area (Å²) in [5.74, 6) is 0.889. The van der Waals surface area contributed by atoms with Gasteiger partial charge in [0.25, 0.3) is 0 Å². The van der Waals surface area contributed by atoms with Crippen molar-refractivity contribution >= 4 is 0 Å². The van der Waals surface area contributed by atoms with Gasteiger partial charge in [-0.3, -0.25) is 0 Å². The van der Waals surface area contributed by atoms with E-state index in [0.717, 1.165) is 24.5 Å². The van der Waals surface area contributed by atoms with E-state index in [1.807, 2.05) is 19.9 Å². The summed E-state index contributed by atoms with van der Waals surface area (Å²) in [7, 11) is 0. The molecule has 0 amide bonds. The molecule has 0 bridgehead atoms. The molecule has 1 aromatic heterocycles. The first-order valence-electron chi connectivity index (χ1n) is 6.92. The SMILES string of the molecule is CCOCC(C)OCc1occc1CNC(C)(C)C. The number of rotatable bonds is 8. The van der Waals surface area contributed by atoms with Crippen LogP contribution in [0.15, 0.2) is 16.7 Å². The molecule has 0 saturated heterocycles. The second-order valence-electron chi connectivity index (χ2n) is 5.75. The molecule has 4 nitrogen and oxygen atoms in total. The number of hydrogen-bond acceptors (Lipinski definition) is 4. The summed E-state index contributed by atoms with van der Waals surface area (Å²) in [5, 5.41) is 3.45. The van der Waals surface area contributed by atoms with Gasteiger partial charge in [-0.15, -0.1) is 0 Å². The maximum absolute atomic E-state index is 5.71. The van der Waals surface area contributed by atoms with Gasteiger partial charge in [-0.05, 0) is 40.7 Å². The zero-order valence-electron chi connectivity index (χ0n) is 12.8. The van der Waals surface area contributed by atoms with Crippen molar-refractivity contribution in [3.63, 3.8) is 0 Å². The van der Waals surface area contributed by atoms with Crippen molar-refractivity contribution in [2.45, 2.75) is 59.4 Å². The van der Waals surface area contributed by atoms with Gasteiger partial charge in [0.1, 0.15) is 12.4 Å². The van der Waals surface area contributed by atoms with E-state index in [9.17, 15) is 0 Å². The zero-order chi connectivity index (χ0) is 14.3. The second kappa shape index (κ2) is 7.68. The van der Waals surface area contributed by atoms with Crippen molar-refractivity contribution in [1.29, 1.82) is 0 Å². The smallest absolute Gasteiger partial charge is 0.133 e. The summed E-state index contributed by atoms with van der Waals surface area (Å²) in [4.78, 5) is 0. The minimum absolute atomic E-state index is 0.0773. The Morgan fingerprint density at radius 2 is 2.11 bits per heavy atom. The zero-order valence-corrected chi connectivity index (χ0v) is 12.8. The lowest BCUT2D eigenvalue weighted by Crippen LogP contribution is -2.35. The molecule has 0 aliphatic heterocycles. The number of furan rings is 1. The highest BCUT2D eigenvalue weighted by Crippen LogP contribution is 2.14. The van der Waals surface area contributed by atoms with Gasteiger partial charge in [0.05, 0.1) is 19.0 Å². The van der Waals surface area contributed by atoms with Crippen molar-refractivity contribution in [2.24, 2.45) is 0 Å². The van der Waals surface area contributed by atoms with Crippen LogP contribution >= 0.6 is 0 Å². The van der Waals surface area contributed by atoms with Crippen molar-refractivity contribution < 1.29 is 13.9 Å². The van der Waals surface area contributed by atoms with E-state index in [1.54, 1.807) is 6.26 Å². The van der Waals surface area contributed by atoms with Crippen molar-refractivity contribution in [2.75, 3.05) is 13.2 Å². The van der Waals surface area contributed by atoms with Gasteiger partial charge in [0, 0.05) is 24.3 Å². The predicted octanol–water partition coefficient (Wildman–Crippen LogP) is 3.11. The molecule has 0 aliphatic rings. The summed E-state index contributed by atoms with van der Waals surface area (Å²) < 4.78 is 16.5. The van der Waals surface area contributed by atoms with Crippen LogP contribution in [0.1, 0.15) is 45.9 Å². The average Bonchev–Trinajstić information content (AvgIpc) is 2.78. The van der Waals surface area contributed by atoms with Crippen LogP contribution in [-0.4, -0.2) is 24.9 Å². The highest BCUT2D eigenvalue weighted by Gasteiger charge is 2.13. The van der Waals surface area contributed by atoms with Gasteiger partial charge < -0.3 is 19.2 Å². The number of hydrogen-bond donors (Lipinski definition) is 1. The summed E-state index contributed by atoms with van der Waals surface area (Å²) in [6.45, 7) is 13.0. The minimum atomic E-state index is 0.0773. The fourth-order valence-corrected chi connectivity index (χ4v) is 1.56. The van der Waals surface area contributed by atoms with Gasteiger partial charge in [0.15, 0.2) is 0 Å². The van der Waals surface area contributed by atoms with Crippen LogP contribution < -0.4 is 5.32 Å². The van der Waals surface area contributed by atoms with Crippen molar-refractivity contribution in [1.82, 2.24) is 5.32 Å². The quantitative estimate of drug-likeness (QED) is 0.787. The van der Waals surface area contributed by atoms with Crippen molar-refractivity contribution in [3.05, 3.63) is 23.7 Å². The van der Waals surface area contributed by atoms with Crippen LogP contribution in [0.25, 0.3) is 0 Å². The van der Waals surface area contributed by atoms with E-state index >= 15 is 0 Å². The normalized spacial score (nSPS) is 13.7. The standard InChI is InChI=1S/C15H27NO3/c1-6-17-10-12(2)19-11-14-13(7-8-18-14)9-16-15(3,4)5/h7-8,12,16H,6,9-11H2,1-5H3. The first kappa shape index (κ1) is 16.2. The van der Waals surface area contributed by atoms with Crippen LogP contribution in [0, 0.1) is 0 Å². The van der Waals surface area contributed by atoms with E-state index in [0.29, 0.717) is 13.2 Å². The highest BCUT2D eigenvalue weighted by atomic mass is 16.5. The molecule has 1 rings (SSSR count). The van der Waals surface area contributed by atoms with Crippen molar-refractivity contribution in [3.8, 4) is 0 Å². The first-order valence-corrected chi connectivity index (χ1v) is 6.92. The van der Waals surface area contributed by atoms with E-state index < -0.39 is 0 Å². The van der Waals surface area contributed by atoms with Gasteiger partial charge in [0.2, 0.25) is 0 Å². The topological polar surface area (TPSA) is 43.6 Å². The average molecular weight is 269 g/mol. The molecule has 1 unspecified atom stereocenters. The van der Waals surface area contributed by atoms with Gasteiger partial charge in [-0.25, -0.2) is 0 Å². The Kier molecular flexibility index (Phi) is 6.55. The molecule has 1 aromatic rings. The number of ether oxygens (including phenoxy) is 2.